The van der Waals surface area contributed by atoms with Crippen LogP contribution in [-0.4, -0.2) is 11.1 Å². The van der Waals surface area contributed by atoms with Crippen LogP contribution in [0.1, 0.15) is 5.56 Å². The number of carbonyl (C=O) groups excluding carboxylic acids is 1. The fourth-order valence-corrected chi connectivity index (χ4v) is 1.77. The van der Waals surface area contributed by atoms with Gasteiger partial charge in [0.2, 0.25) is 0 Å². The number of nitrogens with one attached hydrogen (secondary N) is 2. The van der Waals surface area contributed by atoms with Gasteiger partial charge in [-0.15, -0.1) is 0 Å². The van der Waals surface area contributed by atoms with Crippen molar-refractivity contribution in [1.29, 1.82) is 0 Å². The molecule has 0 heterocycles. The average Bonchev–Trinajstić information content (AvgIpc) is 2.41. The maximum atomic E-state index is 11.6. The summed E-state index contributed by atoms with van der Waals surface area (Å²) in [4.78, 5) is 11.6. The van der Waals surface area contributed by atoms with E-state index >= 15 is 0 Å². The molecule has 0 aliphatic heterocycles. The number of urea groups is 1. The minimum absolute atomic E-state index is 0.0920. The van der Waals surface area contributed by atoms with E-state index in [0.717, 1.165) is 5.56 Å². The molecule has 0 spiro atoms. The van der Waals surface area contributed by atoms with Crippen molar-refractivity contribution in [1.82, 2.24) is 5.32 Å². The summed E-state index contributed by atoms with van der Waals surface area (Å²) in [7, 11) is 0. The molecule has 0 aliphatic rings. The lowest BCUT2D eigenvalue weighted by Gasteiger charge is -2.04. The van der Waals surface area contributed by atoms with Gasteiger partial charge in [-0.3, -0.25) is 0 Å². The first-order chi connectivity index (χ1) is 9.65. The number of amides is 2. The van der Waals surface area contributed by atoms with Crippen LogP contribution in [0.4, 0.5) is 10.5 Å². The zero-order chi connectivity index (χ0) is 14.4. The van der Waals surface area contributed by atoms with Crippen LogP contribution in [0.5, 0.6) is 5.75 Å². The predicted octanol–water partition coefficient (Wildman–Crippen LogP) is 3.84. The topological polar surface area (TPSA) is 61.4 Å². The van der Waals surface area contributed by atoms with Gasteiger partial charge < -0.3 is 15.7 Å². The molecule has 0 atom stereocenters. The van der Waals surface area contributed by atoms with Gasteiger partial charge in [0.1, 0.15) is 5.75 Å². The highest BCUT2D eigenvalue weighted by Gasteiger charge is 2.00. The van der Waals surface area contributed by atoms with Crippen molar-refractivity contribution >= 4 is 29.4 Å². The van der Waals surface area contributed by atoms with Crippen LogP contribution in [0.3, 0.4) is 0 Å². The summed E-state index contributed by atoms with van der Waals surface area (Å²) in [5.74, 6) is 0.0920. The molecule has 0 aliphatic carbocycles. The molecule has 2 amide bonds. The molecule has 0 unspecified atom stereocenters. The molecule has 0 saturated heterocycles. The van der Waals surface area contributed by atoms with Crippen molar-refractivity contribution in [3.63, 3.8) is 0 Å². The molecular weight excluding hydrogens is 276 g/mol. The number of aromatic hydroxyl groups is 1. The highest BCUT2D eigenvalue weighted by atomic mass is 35.5. The fraction of sp³-hybridized carbons (Fsp3) is 0. The van der Waals surface area contributed by atoms with Crippen LogP contribution in [0.2, 0.25) is 5.02 Å². The van der Waals surface area contributed by atoms with E-state index in [4.69, 9.17) is 11.6 Å². The van der Waals surface area contributed by atoms with Gasteiger partial charge in [-0.1, -0.05) is 35.9 Å². The Morgan fingerprint density at radius 2 is 1.95 bits per heavy atom. The lowest BCUT2D eigenvalue weighted by molar-refractivity contribution is 0.255. The number of benzene rings is 2. The Kier molecular flexibility index (Phi) is 4.63. The summed E-state index contributed by atoms with van der Waals surface area (Å²) in [6, 6.07) is 13.2. The second kappa shape index (κ2) is 6.63. The maximum Gasteiger partial charge on any atom is 0.323 e. The van der Waals surface area contributed by atoms with Crippen LogP contribution in [0, 0.1) is 0 Å². The van der Waals surface area contributed by atoms with E-state index in [0.29, 0.717) is 10.7 Å². The van der Waals surface area contributed by atoms with E-state index in [1.54, 1.807) is 24.3 Å². The van der Waals surface area contributed by atoms with Gasteiger partial charge in [-0.25, -0.2) is 4.79 Å². The number of hydrogen-bond acceptors (Lipinski definition) is 2. The molecule has 3 N–H and O–H groups in total. The van der Waals surface area contributed by atoms with Crippen molar-refractivity contribution in [2.75, 3.05) is 5.32 Å². The lowest BCUT2D eigenvalue weighted by Crippen LogP contribution is -2.23. The number of phenols is 1. The van der Waals surface area contributed by atoms with Gasteiger partial charge in [-0.05, 0) is 29.8 Å². The highest BCUT2D eigenvalue weighted by Crippen LogP contribution is 2.16. The molecule has 2 aromatic rings. The largest absolute Gasteiger partial charge is 0.508 e. The smallest absolute Gasteiger partial charge is 0.323 e. The third kappa shape index (κ3) is 4.03. The number of hydrogen-bond donors (Lipinski definition) is 3. The van der Waals surface area contributed by atoms with E-state index in [1.807, 2.05) is 18.2 Å². The summed E-state index contributed by atoms with van der Waals surface area (Å²) in [5.41, 5.74) is 1.32. The second-order valence-electron chi connectivity index (χ2n) is 4.00. The Labute approximate surface area is 121 Å². The molecule has 0 saturated carbocycles. The SMILES string of the molecule is O=C(N/C=C/c1ccccc1Cl)Nc1cccc(O)c1. The predicted molar refractivity (Wildman–Crippen MR) is 80.7 cm³/mol. The Morgan fingerprint density at radius 1 is 1.15 bits per heavy atom. The Bertz CT molecular complexity index is 641. The van der Waals surface area contributed by atoms with Gasteiger partial charge in [0.15, 0.2) is 0 Å². The average molecular weight is 289 g/mol. The van der Waals surface area contributed by atoms with E-state index in [9.17, 15) is 9.90 Å². The van der Waals surface area contributed by atoms with Crippen LogP contribution >= 0.6 is 11.6 Å². The molecule has 2 rings (SSSR count). The molecule has 0 radical (unpaired) electrons. The fourth-order valence-electron chi connectivity index (χ4n) is 1.57. The number of phenolic OH excluding ortho intramolecular Hbond substituents is 1. The van der Waals surface area contributed by atoms with Crippen molar-refractivity contribution in [2.45, 2.75) is 0 Å². The van der Waals surface area contributed by atoms with Gasteiger partial charge >= 0.3 is 6.03 Å². The van der Waals surface area contributed by atoms with Crippen molar-refractivity contribution in [3.05, 3.63) is 65.3 Å². The van der Waals surface area contributed by atoms with E-state index in [1.165, 1.54) is 18.3 Å². The van der Waals surface area contributed by atoms with Crippen molar-refractivity contribution < 1.29 is 9.90 Å². The van der Waals surface area contributed by atoms with Crippen LogP contribution < -0.4 is 10.6 Å². The van der Waals surface area contributed by atoms with E-state index in [2.05, 4.69) is 10.6 Å². The number of rotatable bonds is 3. The Balaban J connectivity index is 1.91. The zero-order valence-electron chi connectivity index (χ0n) is 10.5. The number of anilines is 1. The second-order valence-corrected chi connectivity index (χ2v) is 4.41. The van der Waals surface area contributed by atoms with Gasteiger partial charge in [0.25, 0.3) is 0 Å². The number of carbonyl (C=O) groups is 1. The third-order valence-electron chi connectivity index (χ3n) is 2.49. The molecule has 2 aromatic carbocycles. The molecule has 20 heavy (non-hydrogen) atoms. The summed E-state index contributed by atoms with van der Waals surface area (Å²) in [5, 5.41) is 15.0. The minimum Gasteiger partial charge on any atom is -0.508 e. The first kappa shape index (κ1) is 14.0. The minimum atomic E-state index is -0.404. The number of halogens is 1. The Hall–Kier alpha value is -2.46. The molecule has 0 fully saturated rings. The zero-order valence-corrected chi connectivity index (χ0v) is 11.3. The lowest BCUT2D eigenvalue weighted by atomic mass is 10.2. The summed E-state index contributed by atoms with van der Waals surface area (Å²) < 4.78 is 0. The first-order valence-electron chi connectivity index (χ1n) is 5.93. The first-order valence-corrected chi connectivity index (χ1v) is 6.30. The summed E-state index contributed by atoms with van der Waals surface area (Å²) in [6.07, 6.45) is 3.20. The third-order valence-corrected chi connectivity index (χ3v) is 2.83. The molecule has 4 nitrogen and oxygen atoms in total. The van der Waals surface area contributed by atoms with Crippen molar-refractivity contribution in [3.8, 4) is 5.75 Å². The standard InChI is InChI=1S/C15H13ClN2O2/c16-14-7-2-1-4-11(14)8-9-17-15(20)18-12-5-3-6-13(19)10-12/h1-10,19H,(H2,17,18,20)/b9-8+. The normalized spacial score (nSPS) is 10.4. The molecule has 102 valence electrons. The van der Waals surface area contributed by atoms with Gasteiger partial charge in [0.05, 0.1) is 0 Å². The van der Waals surface area contributed by atoms with Gasteiger partial charge in [-0.2, -0.15) is 0 Å². The van der Waals surface area contributed by atoms with Crippen LogP contribution in [0.25, 0.3) is 6.08 Å². The molecule has 0 aromatic heterocycles. The summed E-state index contributed by atoms with van der Waals surface area (Å²) in [6.45, 7) is 0. The van der Waals surface area contributed by atoms with Crippen molar-refractivity contribution in [2.24, 2.45) is 0 Å². The van der Waals surface area contributed by atoms with E-state index in [-0.39, 0.29) is 5.75 Å². The highest BCUT2D eigenvalue weighted by molar-refractivity contribution is 6.32. The van der Waals surface area contributed by atoms with Crippen LogP contribution in [0.15, 0.2) is 54.7 Å². The van der Waals surface area contributed by atoms with Gasteiger partial charge in [0, 0.05) is 23.0 Å². The molecular formula is C15H13ClN2O2. The molecule has 5 heteroatoms. The monoisotopic (exact) mass is 288 g/mol. The molecule has 0 bridgehead atoms. The quantitative estimate of drug-likeness (QED) is 0.803. The van der Waals surface area contributed by atoms with Crippen LogP contribution in [-0.2, 0) is 0 Å². The Morgan fingerprint density at radius 3 is 2.70 bits per heavy atom. The van der Waals surface area contributed by atoms with E-state index < -0.39 is 6.03 Å². The summed E-state index contributed by atoms with van der Waals surface area (Å²) >= 11 is 5.98. The maximum absolute atomic E-state index is 11.6.